The van der Waals surface area contributed by atoms with Crippen molar-refractivity contribution in [2.75, 3.05) is 31.6 Å². The number of urea groups is 1. The molecule has 1 saturated heterocycles. The molecular formula is C24H35N3O3. The fourth-order valence-corrected chi connectivity index (χ4v) is 3.81. The average Bonchev–Trinajstić information content (AvgIpc) is 3.05. The molecule has 1 fully saturated rings. The number of hydrogen-bond acceptors (Lipinski definition) is 4. The number of ether oxygens (including phenoxy) is 1. The molecule has 1 aliphatic rings. The van der Waals surface area contributed by atoms with Crippen LogP contribution in [0.15, 0.2) is 34.7 Å². The first-order chi connectivity index (χ1) is 14.5. The van der Waals surface area contributed by atoms with E-state index in [1.54, 1.807) is 0 Å². The summed E-state index contributed by atoms with van der Waals surface area (Å²) in [5.41, 5.74) is 2.06. The van der Waals surface area contributed by atoms with Crippen LogP contribution < -0.4 is 15.4 Å². The summed E-state index contributed by atoms with van der Waals surface area (Å²) in [6.45, 7) is 10.7. The third-order valence-corrected chi connectivity index (χ3v) is 5.67. The van der Waals surface area contributed by atoms with Crippen LogP contribution in [-0.2, 0) is 6.54 Å². The van der Waals surface area contributed by atoms with Gasteiger partial charge in [-0.1, -0.05) is 13.3 Å². The molecule has 2 N–H and O–H groups in total. The number of anilines is 1. The zero-order valence-corrected chi connectivity index (χ0v) is 18.5. The van der Waals surface area contributed by atoms with Crippen LogP contribution in [0.5, 0.6) is 5.75 Å². The lowest BCUT2D eigenvalue weighted by Gasteiger charge is -2.31. The fourth-order valence-electron chi connectivity index (χ4n) is 3.81. The second-order valence-electron chi connectivity index (χ2n) is 8.22. The lowest BCUT2D eigenvalue weighted by molar-refractivity contribution is 0.175. The summed E-state index contributed by atoms with van der Waals surface area (Å²) in [7, 11) is 0. The van der Waals surface area contributed by atoms with Gasteiger partial charge >= 0.3 is 6.03 Å². The molecule has 1 aromatic carbocycles. The molecule has 0 radical (unpaired) electrons. The molecular weight excluding hydrogens is 378 g/mol. The number of amides is 2. The van der Waals surface area contributed by atoms with Crippen molar-refractivity contribution >= 4 is 11.7 Å². The molecule has 2 aromatic rings. The van der Waals surface area contributed by atoms with Gasteiger partial charge in [-0.2, -0.15) is 0 Å². The molecule has 2 amide bonds. The van der Waals surface area contributed by atoms with Crippen molar-refractivity contribution in [3.8, 4) is 5.75 Å². The highest BCUT2D eigenvalue weighted by Gasteiger charge is 2.21. The summed E-state index contributed by atoms with van der Waals surface area (Å²) in [6, 6.07) is 9.52. The fraction of sp³-hybridized carbons (Fsp3) is 0.542. The Balaban J connectivity index is 1.34. The highest BCUT2D eigenvalue weighted by molar-refractivity contribution is 5.89. The summed E-state index contributed by atoms with van der Waals surface area (Å²) in [5.74, 6) is 3.36. The maximum atomic E-state index is 12.2. The van der Waals surface area contributed by atoms with Crippen LogP contribution in [0, 0.1) is 19.8 Å². The SMILES string of the molecule is CCCCOc1ccc(NC(=O)NCC2CCN(Cc3cc(C)oc3C)CC2)cc1. The Morgan fingerprint density at radius 2 is 1.93 bits per heavy atom. The molecule has 6 nitrogen and oxygen atoms in total. The number of carbonyl (C=O) groups excluding carboxylic acids is 1. The van der Waals surface area contributed by atoms with Gasteiger partial charge in [0.15, 0.2) is 0 Å². The van der Waals surface area contributed by atoms with E-state index in [2.05, 4.69) is 28.5 Å². The summed E-state index contributed by atoms with van der Waals surface area (Å²) in [6.07, 6.45) is 4.35. The lowest BCUT2D eigenvalue weighted by Crippen LogP contribution is -2.39. The average molecular weight is 414 g/mol. The van der Waals surface area contributed by atoms with Crippen LogP contribution in [0.3, 0.4) is 0 Å². The number of piperidine rings is 1. The second-order valence-corrected chi connectivity index (χ2v) is 8.22. The summed E-state index contributed by atoms with van der Waals surface area (Å²) < 4.78 is 11.3. The number of carbonyl (C=O) groups is 1. The van der Waals surface area contributed by atoms with Gasteiger partial charge in [0.1, 0.15) is 17.3 Å². The monoisotopic (exact) mass is 413 g/mol. The molecule has 0 spiro atoms. The van der Waals surface area contributed by atoms with Gasteiger partial charge in [-0.25, -0.2) is 4.79 Å². The van der Waals surface area contributed by atoms with Crippen LogP contribution in [0.2, 0.25) is 0 Å². The number of rotatable bonds is 9. The largest absolute Gasteiger partial charge is 0.494 e. The van der Waals surface area contributed by atoms with Gasteiger partial charge in [-0.05, 0) is 82.4 Å². The normalized spacial score (nSPS) is 15.2. The van der Waals surface area contributed by atoms with E-state index in [1.807, 2.05) is 38.1 Å². The van der Waals surface area contributed by atoms with E-state index in [4.69, 9.17) is 9.15 Å². The summed E-state index contributed by atoms with van der Waals surface area (Å²) in [5, 5.41) is 5.92. The highest BCUT2D eigenvalue weighted by Crippen LogP contribution is 2.21. The van der Waals surface area contributed by atoms with Crippen LogP contribution in [-0.4, -0.2) is 37.2 Å². The third kappa shape index (κ3) is 6.80. The zero-order valence-electron chi connectivity index (χ0n) is 18.5. The molecule has 0 saturated carbocycles. The predicted molar refractivity (Wildman–Crippen MR) is 120 cm³/mol. The van der Waals surface area contributed by atoms with Crippen LogP contribution >= 0.6 is 0 Å². The minimum absolute atomic E-state index is 0.151. The predicted octanol–water partition coefficient (Wildman–Crippen LogP) is 5.11. The van der Waals surface area contributed by atoms with E-state index in [0.717, 1.165) is 74.9 Å². The van der Waals surface area contributed by atoms with Crippen molar-refractivity contribution < 1.29 is 13.9 Å². The molecule has 0 atom stereocenters. The van der Waals surface area contributed by atoms with Gasteiger partial charge in [0, 0.05) is 24.3 Å². The maximum absolute atomic E-state index is 12.2. The molecule has 0 bridgehead atoms. The van der Waals surface area contributed by atoms with Crippen molar-refractivity contribution in [3.63, 3.8) is 0 Å². The minimum Gasteiger partial charge on any atom is -0.494 e. The van der Waals surface area contributed by atoms with E-state index >= 15 is 0 Å². The van der Waals surface area contributed by atoms with Crippen LogP contribution in [0.4, 0.5) is 10.5 Å². The van der Waals surface area contributed by atoms with E-state index in [1.165, 1.54) is 5.56 Å². The molecule has 1 aromatic heterocycles. The molecule has 0 aliphatic carbocycles. The molecule has 6 heteroatoms. The zero-order chi connectivity index (χ0) is 21.3. The minimum atomic E-state index is -0.151. The van der Waals surface area contributed by atoms with E-state index < -0.39 is 0 Å². The maximum Gasteiger partial charge on any atom is 0.319 e. The number of likely N-dealkylation sites (tertiary alicyclic amines) is 1. The van der Waals surface area contributed by atoms with Gasteiger partial charge in [-0.15, -0.1) is 0 Å². The summed E-state index contributed by atoms with van der Waals surface area (Å²) >= 11 is 0. The third-order valence-electron chi connectivity index (χ3n) is 5.67. The highest BCUT2D eigenvalue weighted by atomic mass is 16.5. The van der Waals surface area contributed by atoms with Gasteiger partial charge < -0.3 is 19.8 Å². The Labute approximate surface area is 180 Å². The molecule has 1 aliphatic heterocycles. The lowest BCUT2D eigenvalue weighted by atomic mass is 9.96. The Kier molecular flexibility index (Phi) is 8.20. The quantitative estimate of drug-likeness (QED) is 0.561. The van der Waals surface area contributed by atoms with Crippen LogP contribution in [0.1, 0.15) is 49.7 Å². The smallest absolute Gasteiger partial charge is 0.319 e. The van der Waals surface area contributed by atoms with Crippen molar-refractivity contribution in [2.45, 2.75) is 53.0 Å². The van der Waals surface area contributed by atoms with E-state index in [0.29, 0.717) is 12.5 Å². The van der Waals surface area contributed by atoms with Crippen molar-refractivity contribution in [3.05, 3.63) is 47.4 Å². The number of nitrogens with zero attached hydrogens (tertiary/aromatic N) is 1. The molecule has 164 valence electrons. The number of benzene rings is 1. The number of hydrogen-bond donors (Lipinski definition) is 2. The number of aryl methyl sites for hydroxylation is 2. The van der Waals surface area contributed by atoms with E-state index in [-0.39, 0.29) is 6.03 Å². The first kappa shape index (κ1) is 22.2. The molecule has 2 heterocycles. The van der Waals surface area contributed by atoms with Crippen LogP contribution in [0.25, 0.3) is 0 Å². The Hall–Kier alpha value is -2.47. The Morgan fingerprint density at radius 3 is 2.57 bits per heavy atom. The van der Waals surface area contributed by atoms with Gasteiger partial charge in [0.05, 0.1) is 6.61 Å². The number of unbranched alkanes of at least 4 members (excludes halogenated alkanes) is 1. The van der Waals surface area contributed by atoms with E-state index in [9.17, 15) is 4.79 Å². The van der Waals surface area contributed by atoms with Crippen molar-refractivity contribution in [1.82, 2.24) is 10.2 Å². The van der Waals surface area contributed by atoms with Gasteiger partial charge in [0.25, 0.3) is 0 Å². The molecule has 3 rings (SSSR count). The van der Waals surface area contributed by atoms with Gasteiger partial charge in [0.2, 0.25) is 0 Å². The molecule has 30 heavy (non-hydrogen) atoms. The first-order valence-electron chi connectivity index (χ1n) is 11.1. The van der Waals surface area contributed by atoms with Crippen molar-refractivity contribution in [2.24, 2.45) is 5.92 Å². The summed E-state index contributed by atoms with van der Waals surface area (Å²) in [4.78, 5) is 14.7. The molecule has 0 unspecified atom stereocenters. The van der Waals surface area contributed by atoms with Crippen molar-refractivity contribution in [1.29, 1.82) is 0 Å². The topological polar surface area (TPSA) is 66.7 Å². The second kappa shape index (κ2) is 11.1. The van der Waals surface area contributed by atoms with Gasteiger partial charge in [-0.3, -0.25) is 4.90 Å². The Bertz CT molecular complexity index is 793. The standard InChI is InChI=1S/C24H35N3O3/c1-4-5-14-29-23-8-6-22(7-9-23)26-24(28)25-16-20-10-12-27(13-11-20)17-21-15-18(2)30-19(21)3/h6-9,15,20H,4-5,10-14,16-17H2,1-3H3,(H2,25,26,28). The first-order valence-corrected chi connectivity index (χ1v) is 11.1. The number of nitrogens with one attached hydrogen (secondary N) is 2. The Morgan fingerprint density at radius 1 is 1.20 bits per heavy atom. The number of furan rings is 1.